The van der Waals surface area contributed by atoms with Crippen molar-refractivity contribution in [3.05, 3.63) is 0 Å². The summed E-state index contributed by atoms with van der Waals surface area (Å²) in [7, 11) is 0. The highest BCUT2D eigenvalue weighted by Gasteiger charge is 2.34. The minimum Gasteiger partial charge on any atom is -0.350 e. The van der Waals surface area contributed by atoms with Crippen molar-refractivity contribution in [1.82, 2.24) is 10.2 Å². The Labute approximate surface area is 119 Å². The van der Waals surface area contributed by atoms with Crippen LogP contribution in [-0.2, 0) is 9.59 Å². The number of hydrogen-bond acceptors (Lipinski definition) is 4. The van der Waals surface area contributed by atoms with E-state index in [1.54, 1.807) is 16.7 Å². The lowest BCUT2D eigenvalue weighted by Crippen LogP contribution is -2.51. The molecule has 6 heteroatoms. The first kappa shape index (κ1) is 16.3. The molecule has 19 heavy (non-hydrogen) atoms. The zero-order valence-corrected chi connectivity index (χ0v) is 12.7. The van der Waals surface area contributed by atoms with Gasteiger partial charge in [0, 0.05) is 24.8 Å². The molecule has 0 aliphatic carbocycles. The molecule has 3 N–H and O–H groups in total. The van der Waals surface area contributed by atoms with Crippen LogP contribution in [0.1, 0.15) is 39.5 Å². The predicted molar refractivity (Wildman–Crippen MR) is 78.8 cm³/mol. The molecule has 2 unspecified atom stereocenters. The summed E-state index contributed by atoms with van der Waals surface area (Å²) >= 11 is 1.63. The van der Waals surface area contributed by atoms with Crippen molar-refractivity contribution in [2.24, 2.45) is 5.73 Å². The Kier molecular flexibility index (Phi) is 7.23. The van der Waals surface area contributed by atoms with E-state index in [0.29, 0.717) is 24.6 Å². The molecular formula is C13H25N3O2S. The number of rotatable bonds is 7. The molecule has 0 radical (unpaired) electrons. The van der Waals surface area contributed by atoms with Crippen molar-refractivity contribution in [2.45, 2.75) is 51.6 Å². The van der Waals surface area contributed by atoms with Crippen molar-refractivity contribution in [2.75, 3.05) is 18.2 Å². The first-order valence-corrected chi connectivity index (χ1v) is 8.17. The second-order valence-corrected chi connectivity index (χ2v) is 5.82. The number of carbonyl (C=O) groups excluding carboxylic acids is 2. The van der Waals surface area contributed by atoms with Crippen LogP contribution in [0.5, 0.6) is 0 Å². The van der Waals surface area contributed by atoms with Crippen molar-refractivity contribution in [3.8, 4) is 0 Å². The quantitative estimate of drug-likeness (QED) is 0.730. The molecule has 0 saturated carbocycles. The van der Waals surface area contributed by atoms with Crippen LogP contribution in [0.3, 0.4) is 0 Å². The third-order valence-corrected chi connectivity index (χ3v) is 4.36. The minimum atomic E-state index is -0.326. The Morgan fingerprint density at radius 3 is 2.79 bits per heavy atom. The van der Waals surface area contributed by atoms with E-state index in [0.717, 1.165) is 19.3 Å². The fraction of sp³-hybridized carbons (Fsp3) is 0.846. The molecule has 1 rings (SSSR count). The summed E-state index contributed by atoms with van der Waals surface area (Å²) in [5, 5.41) is 2.98. The van der Waals surface area contributed by atoms with Gasteiger partial charge in [0.1, 0.15) is 6.04 Å². The fourth-order valence-corrected chi connectivity index (χ4v) is 3.29. The third kappa shape index (κ3) is 4.69. The van der Waals surface area contributed by atoms with Gasteiger partial charge in [0.15, 0.2) is 0 Å². The zero-order chi connectivity index (χ0) is 14.3. The average molecular weight is 287 g/mol. The lowest BCUT2D eigenvalue weighted by Gasteiger charge is -2.25. The third-order valence-electron chi connectivity index (χ3n) is 3.34. The summed E-state index contributed by atoms with van der Waals surface area (Å²) in [5.74, 6) is 1.29. The monoisotopic (exact) mass is 287 g/mol. The molecule has 1 heterocycles. The average Bonchev–Trinajstić information content (AvgIpc) is 2.91. The van der Waals surface area contributed by atoms with Crippen LogP contribution in [0, 0.1) is 0 Å². The van der Waals surface area contributed by atoms with Gasteiger partial charge < -0.3 is 16.0 Å². The van der Waals surface area contributed by atoms with Gasteiger partial charge in [-0.3, -0.25) is 9.59 Å². The lowest BCUT2D eigenvalue weighted by molar-refractivity contribution is -0.138. The van der Waals surface area contributed by atoms with E-state index in [1.807, 2.05) is 6.92 Å². The van der Waals surface area contributed by atoms with Crippen LogP contribution in [0.25, 0.3) is 0 Å². The second kappa shape index (κ2) is 8.43. The summed E-state index contributed by atoms with van der Waals surface area (Å²) in [4.78, 5) is 25.7. The maximum atomic E-state index is 12.2. The summed E-state index contributed by atoms with van der Waals surface area (Å²) in [6.07, 6.45) is 3.49. The number of unbranched alkanes of at least 4 members (excludes halogenated alkanes) is 1. The number of hydrogen-bond donors (Lipinski definition) is 2. The fourth-order valence-electron chi connectivity index (χ4n) is 2.11. The molecule has 1 aliphatic rings. The van der Waals surface area contributed by atoms with E-state index in [1.165, 1.54) is 0 Å². The lowest BCUT2D eigenvalue weighted by atomic mass is 10.1. The van der Waals surface area contributed by atoms with Gasteiger partial charge in [-0.05, 0) is 6.42 Å². The molecular weight excluding hydrogens is 262 g/mol. The zero-order valence-electron chi connectivity index (χ0n) is 11.9. The highest BCUT2D eigenvalue weighted by molar-refractivity contribution is 7.99. The van der Waals surface area contributed by atoms with Gasteiger partial charge in [0.2, 0.25) is 11.8 Å². The summed E-state index contributed by atoms with van der Waals surface area (Å²) < 4.78 is 0. The van der Waals surface area contributed by atoms with Crippen molar-refractivity contribution < 1.29 is 9.59 Å². The number of nitrogens with one attached hydrogen (secondary N) is 1. The van der Waals surface area contributed by atoms with Gasteiger partial charge in [-0.15, -0.1) is 11.8 Å². The smallest absolute Gasteiger partial charge is 0.243 e. The molecule has 110 valence electrons. The molecule has 1 aliphatic heterocycles. The van der Waals surface area contributed by atoms with Crippen LogP contribution >= 0.6 is 11.8 Å². The van der Waals surface area contributed by atoms with E-state index >= 15 is 0 Å². The topological polar surface area (TPSA) is 75.4 Å². The van der Waals surface area contributed by atoms with Gasteiger partial charge >= 0.3 is 0 Å². The van der Waals surface area contributed by atoms with E-state index in [4.69, 9.17) is 5.73 Å². The standard InChI is InChI=1S/C13H25N3O2S/c1-3-5-6-10(7-14)15-13(18)11-8-19-9-16(11)12(17)4-2/h10-11H,3-9,14H2,1-2H3,(H,15,18). The van der Waals surface area contributed by atoms with E-state index in [9.17, 15) is 9.59 Å². The molecule has 0 spiro atoms. The highest BCUT2D eigenvalue weighted by Crippen LogP contribution is 2.22. The molecule has 2 amide bonds. The maximum absolute atomic E-state index is 12.2. The van der Waals surface area contributed by atoms with Crippen LogP contribution in [0.15, 0.2) is 0 Å². The Hall–Kier alpha value is -0.750. The second-order valence-electron chi connectivity index (χ2n) is 4.82. The predicted octanol–water partition coefficient (Wildman–Crippen LogP) is 0.932. The first-order valence-electron chi connectivity index (χ1n) is 7.01. The Morgan fingerprint density at radius 2 is 2.21 bits per heavy atom. The molecule has 1 fully saturated rings. The van der Waals surface area contributed by atoms with Crippen LogP contribution in [-0.4, -0.2) is 47.0 Å². The van der Waals surface area contributed by atoms with Gasteiger partial charge in [-0.25, -0.2) is 0 Å². The maximum Gasteiger partial charge on any atom is 0.243 e. The van der Waals surface area contributed by atoms with Crippen LogP contribution in [0.2, 0.25) is 0 Å². The number of amides is 2. The number of nitrogens with zero attached hydrogens (tertiary/aromatic N) is 1. The highest BCUT2D eigenvalue weighted by atomic mass is 32.2. The molecule has 0 bridgehead atoms. The van der Waals surface area contributed by atoms with E-state index < -0.39 is 0 Å². The van der Waals surface area contributed by atoms with Gasteiger partial charge in [0.05, 0.1) is 5.88 Å². The summed E-state index contributed by atoms with van der Waals surface area (Å²) in [6, 6.07) is -0.301. The molecule has 2 atom stereocenters. The summed E-state index contributed by atoms with van der Waals surface area (Å²) in [5.41, 5.74) is 5.68. The normalized spacial score (nSPS) is 20.4. The Bertz CT molecular complexity index is 312. The van der Waals surface area contributed by atoms with Crippen molar-refractivity contribution in [1.29, 1.82) is 0 Å². The first-order chi connectivity index (χ1) is 9.13. The minimum absolute atomic E-state index is 0.0247. The number of nitrogens with two attached hydrogens (primary N) is 1. The molecule has 0 aromatic carbocycles. The number of carbonyl (C=O) groups is 2. The van der Waals surface area contributed by atoms with E-state index in [-0.39, 0.29) is 23.9 Å². The van der Waals surface area contributed by atoms with E-state index in [2.05, 4.69) is 12.2 Å². The molecule has 5 nitrogen and oxygen atoms in total. The van der Waals surface area contributed by atoms with Crippen LogP contribution < -0.4 is 11.1 Å². The van der Waals surface area contributed by atoms with Gasteiger partial charge in [-0.1, -0.05) is 26.7 Å². The Balaban J connectivity index is 2.53. The summed E-state index contributed by atoms with van der Waals surface area (Å²) in [6.45, 7) is 4.39. The van der Waals surface area contributed by atoms with Crippen LogP contribution in [0.4, 0.5) is 0 Å². The van der Waals surface area contributed by atoms with Gasteiger partial charge in [0.25, 0.3) is 0 Å². The molecule has 0 aromatic heterocycles. The molecule has 0 aromatic rings. The largest absolute Gasteiger partial charge is 0.350 e. The SMILES string of the molecule is CCCCC(CN)NC(=O)C1CSCN1C(=O)CC. The molecule has 1 saturated heterocycles. The van der Waals surface area contributed by atoms with Gasteiger partial charge in [-0.2, -0.15) is 0 Å². The van der Waals surface area contributed by atoms with Crippen molar-refractivity contribution >= 4 is 23.6 Å². The number of thioether (sulfide) groups is 1. The van der Waals surface area contributed by atoms with Crippen molar-refractivity contribution in [3.63, 3.8) is 0 Å². The Morgan fingerprint density at radius 1 is 1.47 bits per heavy atom.